The van der Waals surface area contributed by atoms with E-state index in [0.717, 1.165) is 24.8 Å². The van der Waals surface area contributed by atoms with Gasteiger partial charge in [0.15, 0.2) is 0 Å². The van der Waals surface area contributed by atoms with Gasteiger partial charge in [-0.05, 0) is 37.5 Å². The molecule has 124 valence electrons. The van der Waals surface area contributed by atoms with Crippen molar-refractivity contribution in [2.45, 2.75) is 25.8 Å². The minimum atomic E-state index is -0.372. The zero-order valence-corrected chi connectivity index (χ0v) is 13.2. The molecule has 1 atom stereocenters. The zero-order valence-electron chi connectivity index (χ0n) is 13.2. The number of carbonyl (C=O) groups is 1. The van der Waals surface area contributed by atoms with Gasteiger partial charge in [0.25, 0.3) is 0 Å². The highest BCUT2D eigenvalue weighted by atomic mass is 19.1. The number of halogens is 1. The van der Waals surface area contributed by atoms with Crippen LogP contribution >= 0.6 is 0 Å². The average Bonchev–Trinajstić information content (AvgIpc) is 2.61. The van der Waals surface area contributed by atoms with Gasteiger partial charge >= 0.3 is 0 Å². The maximum absolute atomic E-state index is 13.3. The van der Waals surface area contributed by atoms with Gasteiger partial charge in [-0.3, -0.25) is 4.79 Å². The normalized spacial score (nSPS) is 16.6. The lowest BCUT2D eigenvalue weighted by Crippen LogP contribution is -2.30. The number of carbonyl (C=O) groups excluding carboxylic acids is 1. The number of allylic oxidation sites excluding steroid dienone is 2. The van der Waals surface area contributed by atoms with Crippen molar-refractivity contribution in [3.63, 3.8) is 0 Å². The van der Waals surface area contributed by atoms with E-state index < -0.39 is 0 Å². The Kier molecular flexibility index (Phi) is 5.21. The molecule has 1 amide bonds. The van der Waals surface area contributed by atoms with Crippen LogP contribution in [0.25, 0.3) is 0 Å². The molecule has 1 aromatic heterocycles. The van der Waals surface area contributed by atoms with Gasteiger partial charge in [0.1, 0.15) is 11.6 Å². The molecule has 4 nitrogen and oxygen atoms in total. The van der Waals surface area contributed by atoms with Crippen molar-refractivity contribution in [1.29, 1.82) is 0 Å². The first kappa shape index (κ1) is 16.2. The molecule has 24 heavy (non-hydrogen) atoms. The van der Waals surface area contributed by atoms with Crippen LogP contribution in [0.3, 0.4) is 0 Å². The molecule has 1 unspecified atom stereocenters. The molecule has 1 aliphatic carbocycles. The molecule has 3 rings (SSSR count). The van der Waals surface area contributed by atoms with Crippen molar-refractivity contribution in [3.05, 3.63) is 66.1 Å². The average molecular weight is 326 g/mol. The van der Waals surface area contributed by atoms with Crippen LogP contribution in [0, 0.1) is 11.7 Å². The largest absolute Gasteiger partial charge is 0.439 e. The lowest BCUT2D eigenvalue weighted by Gasteiger charge is -2.17. The molecule has 1 N–H and O–H groups in total. The van der Waals surface area contributed by atoms with Gasteiger partial charge in [0.2, 0.25) is 11.8 Å². The smallest absolute Gasteiger partial charge is 0.224 e. The standard InChI is InChI=1S/C19H19FN2O2/c20-16-9-4-10-17(12-16)24-19-15(8-5-11-21-19)13-22-18(23)14-6-2-1-3-7-14/h1-2,4-5,8-12,14H,3,6-7,13H2,(H,22,23). The molecule has 0 radical (unpaired) electrons. The molecule has 0 saturated heterocycles. The summed E-state index contributed by atoms with van der Waals surface area (Å²) in [7, 11) is 0. The molecule has 1 aromatic carbocycles. The predicted molar refractivity (Wildman–Crippen MR) is 89.0 cm³/mol. The summed E-state index contributed by atoms with van der Waals surface area (Å²) in [6, 6.07) is 9.50. The molecule has 1 aliphatic rings. The van der Waals surface area contributed by atoms with E-state index in [4.69, 9.17) is 4.74 Å². The molecule has 0 fully saturated rings. The maximum atomic E-state index is 13.3. The summed E-state index contributed by atoms with van der Waals surface area (Å²) in [5.41, 5.74) is 0.751. The number of benzene rings is 1. The Hall–Kier alpha value is -2.69. The zero-order chi connectivity index (χ0) is 16.8. The summed E-state index contributed by atoms with van der Waals surface area (Å²) in [6.07, 6.45) is 8.37. The number of pyridine rings is 1. The van der Waals surface area contributed by atoms with E-state index in [9.17, 15) is 9.18 Å². The number of ether oxygens (including phenoxy) is 1. The predicted octanol–water partition coefficient (Wildman–Crippen LogP) is 3.99. The first-order valence-corrected chi connectivity index (χ1v) is 8.02. The van der Waals surface area contributed by atoms with Crippen molar-refractivity contribution in [2.24, 2.45) is 5.92 Å². The van der Waals surface area contributed by atoms with Crippen LogP contribution in [0.4, 0.5) is 4.39 Å². The second-order valence-corrected chi connectivity index (χ2v) is 5.73. The Morgan fingerprint density at radius 2 is 2.21 bits per heavy atom. The van der Waals surface area contributed by atoms with Crippen LogP contribution in [0.1, 0.15) is 24.8 Å². The van der Waals surface area contributed by atoms with E-state index in [1.165, 1.54) is 12.1 Å². The SMILES string of the molecule is O=C(NCc1cccnc1Oc1cccc(F)c1)C1CC=CCC1. The van der Waals surface area contributed by atoms with Gasteiger partial charge in [-0.1, -0.05) is 24.3 Å². The third-order valence-electron chi connectivity index (χ3n) is 3.95. The number of hydrogen-bond donors (Lipinski definition) is 1. The number of nitrogens with one attached hydrogen (secondary N) is 1. The van der Waals surface area contributed by atoms with Crippen molar-refractivity contribution < 1.29 is 13.9 Å². The molecule has 0 saturated carbocycles. The van der Waals surface area contributed by atoms with Gasteiger partial charge in [-0.15, -0.1) is 0 Å². The van der Waals surface area contributed by atoms with Crippen molar-refractivity contribution >= 4 is 5.91 Å². The molecular formula is C19H19FN2O2. The number of aromatic nitrogens is 1. The number of nitrogens with zero attached hydrogens (tertiary/aromatic N) is 1. The van der Waals surface area contributed by atoms with Crippen LogP contribution in [-0.2, 0) is 11.3 Å². The van der Waals surface area contributed by atoms with Crippen LogP contribution in [-0.4, -0.2) is 10.9 Å². The molecule has 2 aromatic rings. The topological polar surface area (TPSA) is 51.2 Å². The van der Waals surface area contributed by atoms with Crippen LogP contribution in [0.15, 0.2) is 54.7 Å². The Morgan fingerprint density at radius 1 is 1.29 bits per heavy atom. The quantitative estimate of drug-likeness (QED) is 0.845. The molecule has 0 aliphatic heterocycles. The molecule has 1 heterocycles. The number of rotatable bonds is 5. The Balaban J connectivity index is 1.65. The van der Waals surface area contributed by atoms with Crippen LogP contribution in [0.5, 0.6) is 11.6 Å². The maximum Gasteiger partial charge on any atom is 0.224 e. The van der Waals surface area contributed by atoms with Gasteiger partial charge in [0, 0.05) is 30.3 Å². The van der Waals surface area contributed by atoms with E-state index in [-0.39, 0.29) is 17.6 Å². The summed E-state index contributed by atoms with van der Waals surface area (Å²) < 4.78 is 18.9. The minimum Gasteiger partial charge on any atom is -0.439 e. The van der Waals surface area contributed by atoms with E-state index in [1.807, 2.05) is 6.07 Å². The van der Waals surface area contributed by atoms with Crippen molar-refractivity contribution in [2.75, 3.05) is 0 Å². The van der Waals surface area contributed by atoms with Gasteiger partial charge < -0.3 is 10.1 Å². The highest BCUT2D eigenvalue weighted by molar-refractivity contribution is 5.79. The first-order valence-electron chi connectivity index (χ1n) is 8.02. The summed E-state index contributed by atoms with van der Waals surface area (Å²) >= 11 is 0. The minimum absolute atomic E-state index is 0.0271. The van der Waals surface area contributed by atoms with Gasteiger partial charge in [-0.2, -0.15) is 0 Å². The van der Waals surface area contributed by atoms with E-state index in [1.54, 1.807) is 24.4 Å². The molecule has 5 heteroatoms. The third-order valence-corrected chi connectivity index (χ3v) is 3.95. The third kappa shape index (κ3) is 4.19. The van der Waals surface area contributed by atoms with Crippen molar-refractivity contribution in [1.82, 2.24) is 10.3 Å². The van der Waals surface area contributed by atoms with Crippen molar-refractivity contribution in [3.8, 4) is 11.6 Å². The van der Waals surface area contributed by atoms with E-state index in [0.29, 0.717) is 18.2 Å². The summed E-state index contributed by atoms with van der Waals surface area (Å²) in [6.45, 7) is 0.331. The second kappa shape index (κ2) is 7.73. The van der Waals surface area contributed by atoms with E-state index in [2.05, 4.69) is 22.5 Å². The Morgan fingerprint density at radius 3 is 3.00 bits per heavy atom. The fraction of sp³-hybridized carbons (Fsp3) is 0.263. The Bertz CT molecular complexity index is 746. The fourth-order valence-corrected chi connectivity index (χ4v) is 2.65. The number of hydrogen-bond acceptors (Lipinski definition) is 3. The lowest BCUT2D eigenvalue weighted by molar-refractivity contribution is -0.125. The van der Waals surface area contributed by atoms with Gasteiger partial charge in [-0.25, -0.2) is 9.37 Å². The summed E-state index contributed by atoms with van der Waals surface area (Å²) in [5.74, 6) is 0.438. The Labute approximate surface area is 140 Å². The monoisotopic (exact) mass is 326 g/mol. The highest BCUT2D eigenvalue weighted by Gasteiger charge is 2.18. The summed E-state index contributed by atoms with van der Waals surface area (Å²) in [4.78, 5) is 16.4. The van der Waals surface area contributed by atoms with Crippen LogP contribution in [0.2, 0.25) is 0 Å². The lowest BCUT2D eigenvalue weighted by atomic mass is 9.93. The molecular weight excluding hydrogens is 307 g/mol. The van der Waals surface area contributed by atoms with Gasteiger partial charge in [0.05, 0.1) is 0 Å². The highest BCUT2D eigenvalue weighted by Crippen LogP contribution is 2.24. The fourth-order valence-electron chi connectivity index (χ4n) is 2.65. The molecule has 0 bridgehead atoms. The summed E-state index contributed by atoms with van der Waals surface area (Å²) in [5, 5.41) is 2.94. The number of amides is 1. The van der Waals surface area contributed by atoms with E-state index >= 15 is 0 Å². The molecule has 0 spiro atoms. The first-order chi connectivity index (χ1) is 11.7. The second-order valence-electron chi connectivity index (χ2n) is 5.73. The van der Waals surface area contributed by atoms with Crippen LogP contribution < -0.4 is 10.1 Å².